The van der Waals surface area contributed by atoms with Crippen molar-refractivity contribution in [2.45, 2.75) is 44.6 Å². The number of hydrogen-bond donors (Lipinski definition) is 0. The van der Waals surface area contributed by atoms with Gasteiger partial charge in [0.15, 0.2) is 11.5 Å². The van der Waals surface area contributed by atoms with Crippen LogP contribution in [0.2, 0.25) is 0 Å². The molecule has 0 aromatic carbocycles. The van der Waals surface area contributed by atoms with Gasteiger partial charge in [0.25, 0.3) is 5.91 Å². The van der Waals surface area contributed by atoms with Crippen LogP contribution in [0.5, 0.6) is 0 Å². The van der Waals surface area contributed by atoms with Gasteiger partial charge in [0.2, 0.25) is 5.89 Å². The smallest absolute Gasteiger partial charge is 0.259 e. The second kappa shape index (κ2) is 5.37. The molecule has 8 nitrogen and oxygen atoms in total. The average Bonchev–Trinajstić information content (AvgIpc) is 3.04. The van der Waals surface area contributed by atoms with Crippen molar-refractivity contribution in [1.82, 2.24) is 29.6 Å². The lowest BCUT2D eigenvalue weighted by atomic mass is 10.2. The Balaban J connectivity index is 1.47. The number of aryl methyl sites for hydroxylation is 1. The molecule has 0 radical (unpaired) electrons. The molecule has 1 atom stereocenters. The van der Waals surface area contributed by atoms with E-state index in [2.05, 4.69) is 20.2 Å². The van der Waals surface area contributed by atoms with E-state index in [-0.39, 0.29) is 11.9 Å². The highest BCUT2D eigenvalue weighted by Crippen LogP contribution is 2.40. The van der Waals surface area contributed by atoms with Gasteiger partial charge in [0.1, 0.15) is 5.56 Å². The van der Waals surface area contributed by atoms with Crippen molar-refractivity contribution in [1.29, 1.82) is 0 Å². The van der Waals surface area contributed by atoms with Crippen LogP contribution in [0.15, 0.2) is 23.0 Å². The first-order chi connectivity index (χ1) is 12.2. The molecule has 8 heteroatoms. The molecule has 1 aliphatic carbocycles. The lowest BCUT2D eigenvalue weighted by Crippen LogP contribution is -2.31. The third-order valence-electron chi connectivity index (χ3n) is 4.93. The summed E-state index contributed by atoms with van der Waals surface area (Å²) < 4.78 is 7.01. The molecule has 2 aliphatic rings. The molecular weight excluding hydrogens is 320 g/mol. The molecule has 128 valence electrons. The van der Waals surface area contributed by atoms with E-state index < -0.39 is 0 Å². The van der Waals surface area contributed by atoms with Crippen LogP contribution in [0.1, 0.15) is 65.4 Å². The Labute approximate surface area is 143 Å². The zero-order chi connectivity index (χ0) is 17.0. The van der Waals surface area contributed by atoms with Crippen molar-refractivity contribution < 1.29 is 9.32 Å². The van der Waals surface area contributed by atoms with Crippen LogP contribution in [-0.4, -0.2) is 42.1 Å². The Hall–Kier alpha value is -2.77. The van der Waals surface area contributed by atoms with E-state index in [1.807, 2.05) is 24.1 Å². The van der Waals surface area contributed by atoms with Crippen LogP contribution in [0.25, 0.3) is 5.65 Å². The van der Waals surface area contributed by atoms with Gasteiger partial charge in [-0.2, -0.15) is 10.1 Å². The molecule has 0 N–H and O–H groups in total. The maximum absolute atomic E-state index is 13.1. The first kappa shape index (κ1) is 14.6. The standard InChI is InChI=1S/C17H18N6O2/c1-10-6-8-23-15(19-10)12(9-18-23)17(24)22-7-2-3-13(22)14-20-16(25-21-14)11-4-5-11/h6,8-9,11,13H,2-5,7H2,1H3/t13-/m0/s1. The summed E-state index contributed by atoms with van der Waals surface area (Å²) in [5.74, 6) is 1.67. The van der Waals surface area contributed by atoms with E-state index in [1.165, 1.54) is 0 Å². The van der Waals surface area contributed by atoms with E-state index >= 15 is 0 Å². The van der Waals surface area contributed by atoms with Gasteiger partial charge in [-0.1, -0.05) is 5.16 Å². The number of likely N-dealkylation sites (tertiary alicyclic amines) is 1. The Morgan fingerprint density at radius 2 is 2.16 bits per heavy atom. The lowest BCUT2D eigenvalue weighted by Gasteiger charge is -2.21. The number of carbonyl (C=O) groups is 1. The molecule has 1 amide bonds. The summed E-state index contributed by atoms with van der Waals surface area (Å²) in [6.45, 7) is 2.58. The van der Waals surface area contributed by atoms with Crippen LogP contribution in [0.4, 0.5) is 0 Å². The zero-order valence-electron chi connectivity index (χ0n) is 13.9. The third-order valence-corrected chi connectivity index (χ3v) is 4.93. The van der Waals surface area contributed by atoms with Crippen LogP contribution >= 0.6 is 0 Å². The normalized spacial score (nSPS) is 20.5. The second-order valence-electron chi connectivity index (χ2n) is 6.82. The van der Waals surface area contributed by atoms with Gasteiger partial charge in [0.05, 0.1) is 12.2 Å². The molecule has 0 unspecified atom stereocenters. The first-order valence-corrected chi connectivity index (χ1v) is 8.66. The summed E-state index contributed by atoms with van der Waals surface area (Å²) in [6.07, 6.45) is 7.41. The molecule has 0 bridgehead atoms. The molecule has 1 aliphatic heterocycles. The number of amides is 1. The molecule has 4 heterocycles. The summed E-state index contributed by atoms with van der Waals surface area (Å²) in [6, 6.07) is 1.73. The van der Waals surface area contributed by atoms with Crippen LogP contribution in [-0.2, 0) is 0 Å². The van der Waals surface area contributed by atoms with Crippen molar-refractivity contribution in [3.8, 4) is 0 Å². The molecular formula is C17H18N6O2. The van der Waals surface area contributed by atoms with Gasteiger partial charge in [-0.15, -0.1) is 0 Å². The zero-order valence-corrected chi connectivity index (χ0v) is 13.9. The highest BCUT2D eigenvalue weighted by Gasteiger charge is 2.37. The van der Waals surface area contributed by atoms with Gasteiger partial charge in [-0.05, 0) is 38.7 Å². The monoisotopic (exact) mass is 338 g/mol. The molecule has 1 saturated carbocycles. The molecule has 5 rings (SSSR count). The number of nitrogens with zero attached hydrogens (tertiary/aromatic N) is 6. The van der Waals surface area contributed by atoms with Gasteiger partial charge in [-0.25, -0.2) is 9.50 Å². The van der Waals surface area contributed by atoms with E-state index in [0.29, 0.717) is 35.4 Å². The van der Waals surface area contributed by atoms with E-state index in [9.17, 15) is 4.79 Å². The highest BCUT2D eigenvalue weighted by molar-refractivity contribution is 6.00. The SMILES string of the molecule is Cc1ccn2ncc(C(=O)N3CCC[C@H]3c3noc(C4CC4)n3)c2n1. The van der Waals surface area contributed by atoms with Crippen molar-refractivity contribution in [3.63, 3.8) is 0 Å². The predicted molar refractivity (Wildman–Crippen MR) is 87.0 cm³/mol. The van der Waals surface area contributed by atoms with Gasteiger partial charge in [-0.3, -0.25) is 4.79 Å². The summed E-state index contributed by atoms with van der Waals surface area (Å²) in [4.78, 5) is 23.9. The minimum absolute atomic E-state index is 0.0756. The quantitative estimate of drug-likeness (QED) is 0.728. The average molecular weight is 338 g/mol. The molecule has 25 heavy (non-hydrogen) atoms. The van der Waals surface area contributed by atoms with Gasteiger partial charge < -0.3 is 9.42 Å². The molecule has 2 fully saturated rings. The Morgan fingerprint density at radius 1 is 1.28 bits per heavy atom. The van der Waals surface area contributed by atoms with Gasteiger partial charge in [0, 0.05) is 24.4 Å². The largest absolute Gasteiger partial charge is 0.339 e. The molecule has 0 spiro atoms. The number of aromatic nitrogens is 5. The number of hydrogen-bond acceptors (Lipinski definition) is 6. The van der Waals surface area contributed by atoms with Gasteiger partial charge >= 0.3 is 0 Å². The second-order valence-corrected chi connectivity index (χ2v) is 6.82. The fourth-order valence-electron chi connectivity index (χ4n) is 3.42. The maximum Gasteiger partial charge on any atom is 0.259 e. The number of fused-ring (bicyclic) bond motifs is 1. The Morgan fingerprint density at radius 3 is 3.00 bits per heavy atom. The topological polar surface area (TPSA) is 89.4 Å². The fourth-order valence-corrected chi connectivity index (χ4v) is 3.42. The highest BCUT2D eigenvalue weighted by atomic mass is 16.5. The Bertz CT molecular complexity index is 957. The summed E-state index contributed by atoms with van der Waals surface area (Å²) in [7, 11) is 0. The summed E-state index contributed by atoms with van der Waals surface area (Å²) in [5, 5.41) is 8.38. The molecule has 3 aromatic rings. The van der Waals surface area contributed by atoms with E-state index in [0.717, 1.165) is 31.4 Å². The lowest BCUT2D eigenvalue weighted by molar-refractivity contribution is 0.0730. The first-order valence-electron chi connectivity index (χ1n) is 8.66. The molecule has 3 aromatic heterocycles. The van der Waals surface area contributed by atoms with Crippen molar-refractivity contribution >= 4 is 11.6 Å². The number of rotatable bonds is 3. The molecule has 1 saturated heterocycles. The number of carbonyl (C=O) groups excluding carboxylic acids is 1. The minimum Gasteiger partial charge on any atom is -0.339 e. The van der Waals surface area contributed by atoms with E-state index in [1.54, 1.807) is 10.7 Å². The minimum atomic E-state index is -0.136. The van der Waals surface area contributed by atoms with Crippen LogP contribution in [0.3, 0.4) is 0 Å². The Kier molecular flexibility index (Phi) is 3.13. The van der Waals surface area contributed by atoms with Crippen molar-refractivity contribution in [3.05, 3.63) is 41.4 Å². The summed E-state index contributed by atoms with van der Waals surface area (Å²) in [5.41, 5.74) is 1.95. The maximum atomic E-state index is 13.1. The van der Waals surface area contributed by atoms with Crippen molar-refractivity contribution in [2.24, 2.45) is 0 Å². The third kappa shape index (κ3) is 2.40. The van der Waals surface area contributed by atoms with E-state index in [4.69, 9.17) is 4.52 Å². The summed E-state index contributed by atoms with van der Waals surface area (Å²) >= 11 is 0. The predicted octanol–water partition coefficient (Wildman–Crippen LogP) is 2.28. The van der Waals surface area contributed by atoms with Crippen molar-refractivity contribution in [2.75, 3.05) is 6.54 Å². The van der Waals surface area contributed by atoms with Crippen LogP contribution in [0, 0.1) is 6.92 Å². The fraction of sp³-hybridized carbons (Fsp3) is 0.471. The van der Waals surface area contributed by atoms with Crippen LogP contribution < -0.4 is 0 Å².